The number of hydrogen-bond donors (Lipinski definition) is 0. The van der Waals surface area contributed by atoms with E-state index in [0.29, 0.717) is 29.1 Å². The number of carbonyl (C=O) groups is 1. The van der Waals surface area contributed by atoms with Crippen LogP contribution in [0.2, 0.25) is 5.02 Å². The largest absolute Gasteiger partial charge is 0.484 e. The maximum atomic E-state index is 12.8. The first-order valence-corrected chi connectivity index (χ1v) is 11.1. The monoisotopic (exact) mass is 459 g/mol. The second-order valence-corrected chi connectivity index (χ2v) is 9.39. The van der Waals surface area contributed by atoms with Crippen molar-refractivity contribution in [3.63, 3.8) is 0 Å². The third-order valence-electron chi connectivity index (χ3n) is 4.64. The van der Waals surface area contributed by atoms with Gasteiger partial charge in [-0.15, -0.1) is 10.2 Å². The van der Waals surface area contributed by atoms with Gasteiger partial charge in [0.15, 0.2) is 6.61 Å². The van der Waals surface area contributed by atoms with Gasteiger partial charge in [-0.25, -0.2) is 0 Å². The van der Waals surface area contributed by atoms with Gasteiger partial charge < -0.3 is 9.47 Å². The lowest BCUT2D eigenvalue weighted by atomic mass is 9.87. The number of methoxy groups -OCH3 is 1. The SMILES string of the molecule is COCCN(C(=O)COc1ccc(Cl)cc1)c1nnc(-c2ccc(C(C)(C)C)cc2)s1. The molecule has 8 heteroatoms. The summed E-state index contributed by atoms with van der Waals surface area (Å²) in [5, 5.41) is 10.4. The lowest BCUT2D eigenvalue weighted by molar-refractivity contribution is -0.120. The van der Waals surface area contributed by atoms with Crippen LogP contribution in [0.1, 0.15) is 26.3 Å². The highest BCUT2D eigenvalue weighted by Crippen LogP contribution is 2.31. The molecule has 6 nitrogen and oxygen atoms in total. The van der Waals surface area contributed by atoms with Gasteiger partial charge in [0.2, 0.25) is 5.13 Å². The topological polar surface area (TPSA) is 64.5 Å². The molecule has 0 spiro atoms. The van der Waals surface area contributed by atoms with Crippen LogP contribution < -0.4 is 9.64 Å². The van der Waals surface area contributed by atoms with E-state index in [1.54, 1.807) is 36.3 Å². The number of rotatable bonds is 8. The average molecular weight is 460 g/mol. The van der Waals surface area contributed by atoms with E-state index in [2.05, 4.69) is 43.1 Å². The number of halogens is 1. The summed E-state index contributed by atoms with van der Waals surface area (Å²) in [5.41, 5.74) is 2.30. The summed E-state index contributed by atoms with van der Waals surface area (Å²) >= 11 is 7.25. The summed E-state index contributed by atoms with van der Waals surface area (Å²) in [5.74, 6) is 0.346. The first-order valence-electron chi connectivity index (χ1n) is 9.90. The van der Waals surface area contributed by atoms with E-state index in [0.717, 1.165) is 10.6 Å². The number of aromatic nitrogens is 2. The normalized spacial score (nSPS) is 11.4. The number of carbonyl (C=O) groups excluding carboxylic acids is 1. The van der Waals surface area contributed by atoms with Crippen molar-refractivity contribution in [1.29, 1.82) is 0 Å². The Morgan fingerprint density at radius 1 is 1.06 bits per heavy atom. The zero-order valence-corrected chi connectivity index (χ0v) is 19.7. The summed E-state index contributed by atoms with van der Waals surface area (Å²) in [7, 11) is 1.59. The van der Waals surface area contributed by atoms with Crippen LogP contribution >= 0.6 is 22.9 Å². The Morgan fingerprint density at radius 2 is 1.74 bits per heavy atom. The van der Waals surface area contributed by atoms with E-state index < -0.39 is 0 Å². The first kappa shape index (κ1) is 23.2. The fraction of sp³-hybridized carbons (Fsp3) is 0.348. The molecule has 0 fully saturated rings. The highest BCUT2D eigenvalue weighted by atomic mass is 35.5. The minimum absolute atomic E-state index is 0.0816. The van der Waals surface area contributed by atoms with E-state index in [4.69, 9.17) is 21.1 Å². The summed E-state index contributed by atoms with van der Waals surface area (Å²) < 4.78 is 10.8. The van der Waals surface area contributed by atoms with Crippen LogP contribution in [0.15, 0.2) is 48.5 Å². The van der Waals surface area contributed by atoms with E-state index >= 15 is 0 Å². The third kappa shape index (κ3) is 6.26. The molecule has 0 aliphatic rings. The molecule has 0 aliphatic heterocycles. The molecule has 31 heavy (non-hydrogen) atoms. The van der Waals surface area contributed by atoms with Crippen LogP contribution in [0.5, 0.6) is 5.75 Å². The van der Waals surface area contributed by atoms with Gasteiger partial charge in [-0.2, -0.15) is 0 Å². The van der Waals surface area contributed by atoms with E-state index in [1.165, 1.54) is 16.9 Å². The number of ether oxygens (including phenoxy) is 2. The molecule has 1 aromatic heterocycles. The molecule has 1 amide bonds. The van der Waals surface area contributed by atoms with Gasteiger partial charge in [0.1, 0.15) is 10.8 Å². The van der Waals surface area contributed by atoms with Crippen LogP contribution in [-0.4, -0.2) is 43.0 Å². The first-order chi connectivity index (χ1) is 14.8. The zero-order chi connectivity index (χ0) is 22.4. The van der Waals surface area contributed by atoms with E-state index in [9.17, 15) is 4.79 Å². The standard InChI is InChI=1S/C23H26ClN3O3S/c1-23(2,3)17-7-5-16(6-8-17)21-25-26-22(31-21)27(13-14-29-4)20(28)15-30-19-11-9-18(24)10-12-19/h5-12H,13-15H2,1-4H3. The van der Waals surface area contributed by atoms with Gasteiger partial charge in [0.05, 0.1) is 13.2 Å². The van der Waals surface area contributed by atoms with Crippen molar-refractivity contribution in [3.8, 4) is 16.3 Å². The Hall–Kier alpha value is -2.48. The van der Waals surface area contributed by atoms with E-state index in [1.807, 2.05) is 12.1 Å². The molecule has 0 aliphatic carbocycles. The lowest BCUT2D eigenvalue weighted by Crippen LogP contribution is -2.37. The zero-order valence-electron chi connectivity index (χ0n) is 18.1. The van der Waals surface area contributed by atoms with Gasteiger partial charge in [-0.05, 0) is 35.2 Å². The Bertz CT molecular complexity index is 998. The second-order valence-electron chi connectivity index (χ2n) is 8.00. The molecule has 0 radical (unpaired) electrons. The van der Waals surface area contributed by atoms with Crippen molar-refractivity contribution in [2.24, 2.45) is 0 Å². The van der Waals surface area contributed by atoms with Gasteiger partial charge in [-0.1, -0.05) is 68.0 Å². The maximum Gasteiger partial charge on any atom is 0.266 e. The molecule has 164 valence electrons. The van der Waals surface area contributed by atoms with Gasteiger partial charge in [0.25, 0.3) is 5.91 Å². The van der Waals surface area contributed by atoms with Crippen molar-refractivity contribution in [2.75, 3.05) is 31.8 Å². The van der Waals surface area contributed by atoms with E-state index in [-0.39, 0.29) is 17.9 Å². The quantitative estimate of drug-likeness (QED) is 0.462. The van der Waals surface area contributed by atoms with Crippen molar-refractivity contribution >= 4 is 34.0 Å². The summed E-state index contributed by atoms with van der Waals surface area (Å²) in [6.07, 6.45) is 0. The molecule has 2 aromatic carbocycles. The minimum Gasteiger partial charge on any atom is -0.484 e. The van der Waals surface area contributed by atoms with Gasteiger partial charge in [-0.3, -0.25) is 9.69 Å². The predicted octanol–water partition coefficient (Wildman–Crippen LogP) is 5.21. The Morgan fingerprint density at radius 3 is 2.35 bits per heavy atom. The Kier molecular flexibility index (Phi) is 7.64. The maximum absolute atomic E-state index is 12.8. The number of amides is 1. The highest BCUT2D eigenvalue weighted by Gasteiger charge is 2.21. The molecular formula is C23H26ClN3O3S. The summed E-state index contributed by atoms with van der Waals surface area (Å²) in [6.45, 7) is 7.14. The molecule has 1 heterocycles. The fourth-order valence-electron chi connectivity index (χ4n) is 2.82. The van der Waals surface area contributed by atoms with Gasteiger partial charge >= 0.3 is 0 Å². The van der Waals surface area contributed by atoms with Crippen molar-refractivity contribution in [3.05, 3.63) is 59.1 Å². The molecule has 0 saturated carbocycles. The molecule has 0 atom stereocenters. The molecule has 3 aromatic rings. The van der Waals surface area contributed by atoms with Gasteiger partial charge in [0, 0.05) is 17.7 Å². The number of nitrogens with zero attached hydrogens (tertiary/aromatic N) is 3. The predicted molar refractivity (Wildman–Crippen MR) is 125 cm³/mol. The van der Waals surface area contributed by atoms with Crippen molar-refractivity contribution < 1.29 is 14.3 Å². The lowest BCUT2D eigenvalue weighted by Gasteiger charge is -2.19. The molecule has 0 unspecified atom stereocenters. The second kappa shape index (κ2) is 10.2. The molecule has 0 N–H and O–H groups in total. The number of anilines is 1. The summed E-state index contributed by atoms with van der Waals surface area (Å²) in [4.78, 5) is 14.4. The minimum atomic E-state index is -0.224. The molecular weight excluding hydrogens is 434 g/mol. The molecule has 3 rings (SSSR count). The van der Waals surface area contributed by atoms with Crippen LogP contribution in [0.4, 0.5) is 5.13 Å². The Balaban J connectivity index is 1.74. The number of benzene rings is 2. The molecule has 0 saturated heterocycles. The van der Waals surface area contributed by atoms with Crippen LogP contribution in [0.25, 0.3) is 10.6 Å². The smallest absolute Gasteiger partial charge is 0.266 e. The van der Waals surface area contributed by atoms with Crippen molar-refractivity contribution in [1.82, 2.24) is 10.2 Å². The average Bonchev–Trinajstić information content (AvgIpc) is 3.23. The van der Waals surface area contributed by atoms with Crippen molar-refractivity contribution in [2.45, 2.75) is 26.2 Å². The number of hydrogen-bond acceptors (Lipinski definition) is 6. The molecule has 0 bridgehead atoms. The van der Waals surface area contributed by atoms with Crippen LogP contribution in [0, 0.1) is 0 Å². The fourth-order valence-corrected chi connectivity index (χ4v) is 3.84. The Labute approximate surface area is 191 Å². The van der Waals surface area contributed by atoms with Crippen LogP contribution in [0.3, 0.4) is 0 Å². The highest BCUT2D eigenvalue weighted by molar-refractivity contribution is 7.18. The summed E-state index contributed by atoms with van der Waals surface area (Å²) in [6, 6.07) is 15.1. The van der Waals surface area contributed by atoms with Crippen LogP contribution in [-0.2, 0) is 14.9 Å². The third-order valence-corrected chi connectivity index (χ3v) is 5.89.